The zero-order chi connectivity index (χ0) is 18.3. The lowest BCUT2D eigenvalue weighted by Gasteiger charge is -2.32. The van der Waals surface area contributed by atoms with Crippen molar-refractivity contribution < 1.29 is 14.0 Å². The summed E-state index contributed by atoms with van der Waals surface area (Å²) in [6.07, 6.45) is 3.91. The van der Waals surface area contributed by atoms with E-state index in [1.807, 2.05) is 0 Å². The zero-order valence-corrected chi connectivity index (χ0v) is 17.2. The molecule has 0 aromatic heterocycles. The highest BCUT2D eigenvalue weighted by Crippen LogP contribution is 2.33. The Bertz CT molecular complexity index is 351. The fourth-order valence-corrected chi connectivity index (χ4v) is 3.20. The molecule has 0 aromatic carbocycles. The molecule has 0 aliphatic rings. The van der Waals surface area contributed by atoms with Crippen LogP contribution in [0.3, 0.4) is 0 Å². The maximum atomic E-state index is 12.0. The van der Waals surface area contributed by atoms with Crippen LogP contribution in [-0.4, -0.2) is 44.2 Å². The second kappa shape index (κ2) is 8.96. The van der Waals surface area contributed by atoms with Crippen LogP contribution in [0, 0.1) is 16.7 Å². The van der Waals surface area contributed by atoms with Gasteiger partial charge in [-0.15, -0.1) is 0 Å². The van der Waals surface area contributed by atoms with Crippen molar-refractivity contribution in [2.75, 3.05) is 33.8 Å². The predicted octanol–water partition coefficient (Wildman–Crippen LogP) is 4.85. The van der Waals surface area contributed by atoms with Gasteiger partial charge in [0.25, 0.3) is 0 Å². The van der Waals surface area contributed by atoms with E-state index in [2.05, 4.69) is 62.6 Å². The van der Waals surface area contributed by atoms with E-state index >= 15 is 0 Å². The van der Waals surface area contributed by atoms with Gasteiger partial charge >= 0.3 is 5.97 Å². The summed E-state index contributed by atoms with van der Waals surface area (Å²) in [7, 11) is 4.39. The van der Waals surface area contributed by atoms with Crippen LogP contribution in [0.5, 0.6) is 0 Å². The van der Waals surface area contributed by atoms with Gasteiger partial charge in [0.1, 0.15) is 0 Å². The van der Waals surface area contributed by atoms with Crippen molar-refractivity contribution in [1.29, 1.82) is 0 Å². The third-order valence-corrected chi connectivity index (χ3v) is 3.99. The van der Waals surface area contributed by atoms with Gasteiger partial charge in [-0.3, -0.25) is 4.79 Å². The molecule has 0 bridgehead atoms. The molecule has 0 heterocycles. The van der Waals surface area contributed by atoms with Crippen molar-refractivity contribution >= 4 is 5.97 Å². The number of rotatable bonds is 10. The van der Waals surface area contributed by atoms with Gasteiger partial charge < -0.3 is 9.22 Å². The highest BCUT2D eigenvalue weighted by Gasteiger charge is 2.27. The van der Waals surface area contributed by atoms with Gasteiger partial charge in [0.15, 0.2) is 0 Å². The first kappa shape index (κ1) is 22.3. The van der Waals surface area contributed by atoms with Crippen LogP contribution >= 0.6 is 0 Å². The van der Waals surface area contributed by atoms with E-state index in [1.165, 1.54) is 18.8 Å². The average molecular weight is 328 g/mol. The standard InChI is InChI=1S/C20H41NO2/c1-17(2)11-10-13-21(8,9)14-12-18(22)23-16-20(6,7)15-19(3,4)5/h10-16H2,1-9H3/q+2. The Morgan fingerprint density at radius 2 is 1.61 bits per heavy atom. The smallest absolute Gasteiger partial charge is 0.311 e. The average Bonchev–Trinajstić information content (AvgIpc) is 2.30. The monoisotopic (exact) mass is 327 g/mol. The molecule has 0 aliphatic heterocycles. The first-order valence-electron chi connectivity index (χ1n) is 8.99. The van der Waals surface area contributed by atoms with Crippen molar-refractivity contribution in [3.63, 3.8) is 0 Å². The maximum absolute atomic E-state index is 12.0. The number of quaternary nitrogens is 1. The van der Waals surface area contributed by atoms with Crippen molar-refractivity contribution in [3.05, 3.63) is 5.92 Å². The predicted molar refractivity (Wildman–Crippen MR) is 99.1 cm³/mol. The second-order valence-corrected chi connectivity index (χ2v) is 10.0. The summed E-state index contributed by atoms with van der Waals surface area (Å²) in [4.78, 5) is 12.0. The first-order chi connectivity index (χ1) is 10.2. The molecule has 0 radical (unpaired) electrons. The zero-order valence-electron chi connectivity index (χ0n) is 17.2. The fourth-order valence-electron chi connectivity index (χ4n) is 3.20. The summed E-state index contributed by atoms with van der Waals surface area (Å²) in [5.74, 6) is 1.42. The van der Waals surface area contributed by atoms with Crippen LogP contribution in [-0.2, 0) is 9.53 Å². The van der Waals surface area contributed by atoms with Crippen molar-refractivity contribution in [2.45, 2.75) is 74.1 Å². The van der Waals surface area contributed by atoms with Crippen molar-refractivity contribution in [2.24, 2.45) is 10.8 Å². The largest absolute Gasteiger partial charge is 0.465 e. The third kappa shape index (κ3) is 13.4. The lowest BCUT2D eigenvalue weighted by Crippen LogP contribution is -2.42. The van der Waals surface area contributed by atoms with Crippen LogP contribution in [0.2, 0.25) is 0 Å². The van der Waals surface area contributed by atoms with E-state index in [0.717, 1.165) is 24.0 Å². The van der Waals surface area contributed by atoms with E-state index in [9.17, 15) is 4.79 Å². The number of hydrogen-bond acceptors (Lipinski definition) is 2. The number of nitrogens with zero attached hydrogens (tertiary/aromatic N) is 1. The SMILES string of the molecule is C[C+](C)CCC[N+](C)(C)CCC(=O)OCC(C)(C)CC(C)(C)C. The number of esters is 1. The van der Waals surface area contributed by atoms with Gasteiger partial charge in [0.05, 0.1) is 66.4 Å². The van der Waals surface area contributed by atoms with E-state index < -0.39 is 0 Å². The Balaban J connectivity index is 4.10. The third-order valence-electron chi connectivity index (χ3n) is 3.99. The van der Waals surface area contributed by atoms with Crippen molar-refractivity contribution in [1.82, 2.24) is 0 Å². The summed E-state index contributed by atoms with van der Waals surface area (Å²) < 4.78 is 6.42. The Labute approximate surface area is 145 Å². The van der Waals surface area contributed by atoms with Crippen LogP contribution < -0.4 is 0 Å². The molecule has 136 valence electrons. The molecule has 0 atom stereocenters. The van der Waals surface area contributed by atoms with Crippen LogP contribution in [0.1, 0.15) is 74.1 Å². The van der Waals surface area contributed by atoms with E-state index in [1.54, 1.807) is 0 Å². The summed E-state index contributed by atoms with van der Waals surface area (Å²) in [6.45, 7) is 17.9. The quantitative estimate of drug-likeness (QED) is 0.325. The fraction of sp³-hybridized carbons (Fsp3) is 0.900. The first-order valence-corrected chi connectivity index (χ1v) is 8.99. The molecule has 3 heteroatoms. The Morgan fingerprint density at radius 3 is 2.09 bits per heavy atom. The highest BCUT2D eigenvalue weighted by atomic mass is 16.5. The molecule has 0 aliphatic carbocycles. The van der Waals surface area contributed by atoms with Crippen LogP contribution in [0.25, 0.3) is 0 Å². The molecule has 0 saturated heterocycles. The van der Waals surface area contributed by atoms with Gasteiger partial charge in [-0.2, -0.15) is 0 Å². The second-order valence-electron chi connectivity index (χ2n) is 10.0. The number of ether oxygens (including phenoxy) is 1. The Kier molecular flexibility index (Phi) is 8.69. The van der Waals surface area contributed by atoms with Crippen LogP contribution in [0.4, 0.5) is 0 Å². The lowest BCUT2D eigenvalue weighted by molar-refractivity contribution is -0.890. The maximum Gasteiger partial charge on any atom is 0.311 e. The van der Waals surface area contributed by atoms with Gasteiger partial charge in [0.2, 0.25) is 0 Å². The minimum Gasteiger partial charge on any atom is -0.465 e. The molecule has 0 fully saturated rings. The molecule has 0 rings (SSSR count). The molecule has 0 saturated carbocycles. The number of carbonyl (C=O) groups is 1. The van der Waals surface area contributed by atoms with E-state index in [-0.39, 0.29) is 16.8 Å². The molecule has 0 unspecified atom stereocenters. The topological polar surface area (TPSA) is 26.3 Å². The molecule has 3 nitrogen and oxygen atoms in total. The van der Waals surface area contributed by atoms with Gasteiger partial charge in [0, 0.05) is 6.42 Å². The van der Waals surface area contributed by atoms with E-state index in [0.29, 0.717) is 13.0 Å². The summed E-state index contributed by atoms with van der Waals surface area (Å²) in [5, 5.41) is 0. The Morgan fingerprint density at radius 1 is 1.04 bits per heavy atom. The van der Waals surface area contributed by atoms with Crippen molar-refractivity contribution in [3.8, 4) is 0 Å². The van der Waals surface area contributed by atoms with Gasteiger partial charge in [-0.1, -0.05) is 34.6 Å². The molecular formula is C20H41NO2+2. The molecule has 23 heavy (non-hydrogen) atoms. The van der Waals surface area contributed by atoms with Crippen LogP contribution in [0.15, 0.2) is 0 Å². The summed E-state index contributed by atoms with van der Waals surface area (Å²) in [6, 6.07) is 0. The highest BCUT2D eigenvalue weighted by molar-refractivity contribution is 5.69. The molecular weight excluding hydrogens is 286 g/mol. The Hall–Kier alpha value is -0.700. The normalized spacial score (nSPS) is 13.1. The molecule has 0 amide bonds. The number of carbonyl (C=O) groups excluding carboxylic acids is 1. The number of hydrogen-bond donors (Lipinski definition) is 0. The van der Waals surface area contributed by atoms with E-state index in [4.69, 9.17) is 4.74 Å². The lowest BCUT2D eigenvalue weighted by atomic mass is 9.77. The summed E-state index contributed by atoms with van der Waals surface area (Å²) in [5.41, 5.74) is 0.288. The molecule has 0 aromatic rings. The summed E-state index contributed by atoms with van der Waals surface area (Å²) >= 11 is 0. The van der Waals surface area contributed by atoms with Gasteiger partial charge in [-0.05, 0) is 17.3 Å². The molecule has 0 spiro atoms. The minimum absolute atomic E-state index is 0.0345. The molecule has 0 N–H and O–H groups in total. The minimum atomic E-state index is -0.0589. The van der Waals surface area contributed by atoms with Gasteiger partial charge in [-0.25, -0.2) is 0 Å².